The molecule has 0 aliphatic rings. The minimum atomic E-state index is -0.439. The fraction of sp³-hybridized carbons (Fsp3) is 0.292. The van der Waals surface area contributed by atoms with Gasteiger partial charge >= 0.3 is 11.9 Å². The molecule has 0 aliphatic heterocycles. The van der Waals surface area contributed by atoms with Gasteiger partial charge in [0.15, 0.2) is 6.61 Å². The number of carbonyl (C=O) groups is 3. The van der Waals surface area contributed by atoms with E-state index in [2.05, 4.69) is 10.3 Å². The summed E-state index contributed by atoms with van der Waals surface area (Å²) in [4.78, 5) is 38.9. The quantitative estimate of drug-likeness (QED) is 0.476. The van der Waals surface area contributed by atoms with Gasteiger partial charge < -0.3 is 19.8 Å². The third-order valence-electron chi connectivity index (χ3n) is 4.71. The SMILES string of the molecule is CCCOC(=O)c1ccc(NC(=O)COC(=O)CCCc2c[nH]c3ccccc23)cc1. The number of carbonyl (C=O) groups excluding carboxylic acids is 3. The van der Waals surface area contributed by atoms with Crippen LogP contribution in [0.25, 0.3) is 10.9 Å². The number of aryl methyl sites for hydroxylation is 1. The van der Waals surface area contributed by atoms with Crippen molar-refractivity contribution in [3.8, 4) is 0 Å². The lowest BCUT2D eigenvalue weighted by Gasteiger charge is -2.08. The second-order valence-electron chi connectivity index (χ2n) is 7.14. The molecule has 0 atom stereocenters. The van der Waals surface area contributed by atoms with E-state index in [0.29, 0.717) is 24.3 Å². The van der Waals surface area contributed by atoms with Crippen LogP contribution in [0.2, 0.25) is 0 Å². The van der Waals surface area contributed by atoms with Crippen molar-refractivity contribution >= 4 is 34.4 Å². The van der Waals surface area contributed by atoms with Crippen molar-refractivity contribution in [1.82, 2.24) is 4.98 Å². The van der Waals surface area contributed by atoms with Crippen molar-refractivity contribution in [3.05, 3.63) is 65.9 Å². The maximum absolute atomic E-state index is 12.0. The van der Waals surface area contributed by atoms with Crippen LogP contribution in [0.15, 0.2) is 54.7 Å². The average molecular weight is 422 g/mol. The molecule has 31 heavy (non-hydrogen) atoms. The first-order valence-electron chi connectivity index (χ1n) is 10.3. The number of hydrogen-bond donors (Lipinski definition) is 2. The molecule has 7 nitrogen and oxygen atoms in total. The van der Waals surface area contributed by atoms with Gasteiger partial charge in [0.05, 0.1) is 12.2 Å². The summed E-state index contributed by atoms with van der Waals surface area (Å²) >= 11 is 0. The van der Waals surface area contributed by atoms with Gasteiger partial charge in [-0.1, -0.05) is 25.1 Å². The number of nitrogens with one attached hydrogen (secondary N) is 2. The highest BCUT2D eigenvalue weighted by Crippen LogP contribution is 2.19. The number of amides is 1. The predicted octanol–water partition coefficient (Wildman–Crippen LogP) is 4.24. The first kappa shape index (κ1) is 22.1. The largest absolute Gasteiger partial charge is 0.462 e. The van der Waals surface area contributed by atoms with Crippen LogP contribution in [-0.2, 0) is 25.5 Å². The summed E-state index contributed by atoms with van der Waals surface area (Å²) in [6, 6.07) is 14.4. The van der Waals surface area contributed by atoms with E-state index in [9.17, 15) is 14.4 Å². The number of fused-ring (bicyclic) bond motifs is 1. The molecule has 0 aliphatic carbocycles. The second kappa shape index (κ2) is 11.0. The molecule has 0 radical (unpaired) electrons. The number of aromatic nitrogens is 1. The van der Waals surface area contributed by atoms with Crippen molar-refractivity contribution in [3.63, 3.8) is 0 Å². The van der Waals surface area contributed by atoms with Crippen LogP contribution in [0, 0.1) is 0 Å². The Balaban J connectivity index is 1.37. The molecule has 2 aromatic carbocycles. The zero-order valence-electron chi connectivity index (χ0n) is 17.5. The highest BCUT2D eigenvalue weighted by molar-refractivity contribution is 5.94. The topological polar surface area (TPSA) is 97.5 Å². The zero-order valence-corrected chi connectivity index (χ0v) is 17.5. The van der Waals surface area contributed by atoms with E-state index in [4.69, 9.17) is 9.47 Å². The maximum atomic E-state index is 12.0. The standard InChI is InChI=1S/C24H26N2O5/c1-2-14-30-24(29)17-10-12-19(13-11-17)26-22(27)16-31-23(28)9-5-6-18-15-25-21-8-4-3-7-20(18)21/h3-4,7-8,10-13,15,25H,2,5-6,9,14,16H2,1H3,(H,26,27). The van der Waals surface area contributed by atoms with Gasteiger partial charge in [-0.3, -0.25) is 9.59 Å². The van der Waals surface area contributed by atoms with E-state index < -0.39 is 17.8 Å². The molecule has 0 spiro atoms. The van der Waals surface area contributed by atoms with E-state index in [0.717, 1.165) is 29.3 Å². The lowest BCUT2D eigenvalue weighted by molar-refractivity contribution is -0.147. The number of anilines is 1. The number of hydrogen-bond acceptors (Lipinski definition) is 5. The minimum Gasteiger partial charge on any atom is -0.462 e. The summed E-state index contributed by atoms with van der Waals surface area (Å²) in [5, 5.41) is 3.79. The first-order chi connectivity index (χ1) is 15.1. The molecule has 3 aromatic rings. The van der Waals surface area contributed by atoms with Crippen LogP contribution in [0.5, 0.6) is 0 Å². The summed E-state index contributed by atoms with van der Waals surface area (Å²) in [5.74, 6) is -1.25. The first-order valence-corrected chi connectivity index (χ1v) is 10.3. The summed E-state index contributed by atoms with van der Waals surface area (Å²) in [6.45, 7) is 1.93. The fourth-order valence-corrected chi connectivity index (χ4v) is 3.14. The van der Waals surface area contributed by atoms with Crippen LogP contribution in [0.1, 0.15) is 42.1 Å². The Bertz CT molecular complexity index is 1040. The minimum absolute atomic E-state index is 0.237. The summed E-state index contributed by atoms with van der Waals surface area (Å²) < 4.78 is 10.1. The Labute approximate surface area is 180 Å². The molecular weight excluding hydrogens is 396 g/mol. The molecule has 0 fully saturated rings. The van der Waals surface area contributed by atoms with Crippen LogP contribution in [-0.4, -0.2) is 36.0 Å². The van der Waals surface area contributed by atoms with Crippen LogP contribution in [0.3, 0.4) is 0 Å². The summed E-state index contributed by atoms with van der Waals surface area (Å²) in [6.07, 6.45) is 4.33. The number of H-pyrrole nitrogens is 1. The maximum Gasteiger partial charge on any atom is 0.338 e. The number of benzene rings is 2. The van der Waals surface area contributed by atoms with E-state index in [1.165, 1.54) is 0 Å². The molecular formula is C24H26N2O5. The van der Waals surface area contributed by atoms with Crippen molar-refractivity contribution < 1.29 is 23.9 Å². The summed E-state index contributed by atoms with van der Waals surface area (Å²) in [5.41, 5.74) is 3.14. The van der Waals surface area contributed by atoms with Crippen LogP contribution >= 0.6 is 0 Å². The van der Waals surface area contributed by atoms with E-state index in [1.807, 2.05) is 37.4 Å². The molecule has 0 saturated heterocycles. The Morgan fingerprint density at radius 2 is 1.77 bits per heavy atom. The third-order valence-corrected chi connectivity index (χ3v) is 4.71. The third kappa shape index (κ3) is 6.44. The Morgan fingerprint density at radius 3 is 2.55 bits per heavy atom. The molecule has 2 N–H and O–H groups in total. The van der Waals surface area contributed by atoms with E-state index in [1.54, 1.807) is 24.3 Å². The molecule has 0 saturated carbocycles. The van der Waals surface area contributed by atoms with Gasteiger partial charge in [0.2, 0.25) is 0 Å². The molecule has 162 valence electrons. The second-order valence-corrected chi connectivity index (χ2v) is 7.14. The van der Waals surface area contributed by atoms with E-state index >= 15 is 0 Å². The Hall–Kier alpha value is -3.61. The molecule has 1 aromatic heterocycles. The lowest BCUT2D eigenvalue weighted by atomic mass is 10.1. The zero-order chi connectivity index (χ0) is 22.1. The van der Waals surface area contributed by atoms with Gasteiger partial charge in [0.25, 0.3) is 5.91 Å². The highest BCUT2D eigenvalue weighted by atomic mass is 16.5. The lowest BCUT2D eigenvalue weighted by Crippen LogP contribution is -2.20. The molecule has 7 heteroatoms. The number of para-hydroxylation sites is 1. The van der Waals surface area contributed by atoms with E-state index in [-0.39, 0.29) is 13.0 Å². The van der Waals surface area contributed by atoms with Crippen molar-refractivity contribution in [1.29, 1.82) is 0 Å². The van der Waals surface area contributed by atoms with Gasteiger partial charge in [-0.05, 0) is 55.2 Å². The fourth-order valence-electron chi connectivity index (χ4n) is 3.14. The molecule has 0 unspecified atom stereocenters. The number of aromatic amines is 1. The Morgan fingerprint density at radius 1 is 1.00 bits per heavy atom. The molecule has 1 heterocycles. The highest BCUT2D eigenvalue weighted by Gasteiger charge is 2.11. The smallest absolute Gasteiger partial charge is 0.338 e. The van der Waals surface area contributed by atoms with Gasteiger partial charge in [0, 0.05) is 29.2 Å². The van der Waals surface area contributed by atoms with Gasteiger partial charge in [-0.25, -0.2) is 4.79 Å². The summed E-state index contributed by atoms with van der Waals surface area (Å²) in [7, 11) is 0. The van der Waals surface area contributed by atoms with Gasteiger partial charge in [-0.2, -0.15) is 0 Å². The molecule has 3 rings (SSSR count). The molecule has 1 amide bonds. The number of esters is 2. The van der Waals surface area contributed by atoms with Crippen LogP contribution in [0.4, 0.5) is 5.69 Å². The normalized spacial score (nSPS) is 10.6. The molecule has 0 bridgehead atoms. The average Bonchev–Trinajstić information content (AvgIpc) is 3.20. The van der Waals surface area contributed by atoms with Crippen molar-refractivity contribution in [2.75, 3.05) is 18.5 Å². The van der Waals surface area contributed by atoms with Crippen molar-refractivity contribution in [2.24, 2.45) is 0 Å². The van der Waals surface area contributed by atoms with Crippen molar-refractivity contribution in [2.45, 2.75) is 32.6 Å². The number of rotatable bonds is 10. The number of ether oxygens (including phenoxy) is 2. The van der Waals surface area contributed by atoms with Gasteiger partial charge in [-0.15, -0.1) is 0 Å². The Kier molecular flexibility index (Phi) is 7.81. The predicted molar refractivity (Wildman–Crippen MR) is 118 cm³/mol. The van der Waals surface area contributed by atoms with Crippen LogP contribution < -0.4 is 5.32 Å². The van der Waals surface area contributed by atoms with Gasteiger partial charge in [0.1, 0.15) is 0 Å². The monoisotopic (exact) mass is 422 g/mol.